The average Bonchev–Trinajstić information content (AvgIpc) is 2.71. The van der Waals surface area contributed by atoms with E-state index in [0.717, 1.165) is 25.9 Å². The monoisotopic (exact) mass is 464 g/mol. The second-order valence-corrected chi connectivity index (χ2v) is 7.59. The quantitative estimate of drug-likeness (QED) is 0.670. The first-order chi connectivity index (χ1) is 13.5. The third-order valence-electron chi connectivity index (χ3n) is 5.59. The van der Waals surface area contributed by atoms with E-state index in [4.69, 9.17) is 4.74 Å². The summed E-state index contributed by atoms with van der Waals surface area (Å²) in [6.45, 7) is 4.91. The largest absolute Gasteiger partial charge is 0.384 e. The van der Waals surface area contributed by atoms with E-state index in [0.29, 0.717) is 38.5 Å². The van der Waals surface area contributed by atoms with Gasteiger partial charge in [0.15, 0.2) is 0 Å². The van der Waals surface area contributed by atoms with Gasteiger partial charge in [-0.3, -0.25) is 14.5 Å². The molecule has 0 aromatic heterocycles. The molecular formula is C20H31Cl2FN4O3. The topological polar surface area (TPSA) is 73.9 Å². The third-order valence-corrected chi connectivity index (χ3v) is 5.59. The molecule has 1 aromatic carbocycles. The Kier molecular flexibility index (Phi) is 11.0. The summed E-state index contributed by atoms with van der Waals surface area (Å²) < 4.78 is 18.3. The van der Waals surface area contributed by atoms with Crippen LogP contribution >= 0.6 is 24.8 Å². The van der Waals surface area contributed by atoms with Gasteiger partial charge in [0.1, 0.15) is 5.82 Å². The predicted molar refractivity (Wildman–Crippen MR) is 119 cm³/mol. The van der Waals surface area contributed by atoms with Crippen molar-refractivity contribution in [1.82, 2.24) is 15.1 Å². The van der Waals surface area contributed by atoms with Crippen molar-refractivity contribution in [3.05, 3.63) is 30.1 Å². The maximum absolute atomic E-state index is 13.2. The second-order valence-electron chi connectivity index (χ2n) is 7.59. The molecule has 0 unspecified atom stereocenters. The minimum absolute atomic E-state index is 0. The van der Waals surface area contributed by atoms with Crippen LogP contribution in [-0.4, -0.2) is 81.1 Å². The molecule has 2 aliphatic heterocycles. The molecule has 0 spiro atoms. The van der Waals surface area contributed by atoms with E-state index < -0.39 is 5.41 Å². The summed E-state index contributed by atoms with van der Waals surface area (Å²) in [5, 5.41) is 6.08. The van der Waals surface area contributed by atoms with E-state index in [1.807, 2.05) is 9.80 Å². The number of piperidine rings is 1. The van der Waals surface area contributed by atoms with Crippen LogP contribution < -0.4 is 10.6 Å². The van der Waals surface area contributed by atoms with Gasteiger partial charge in [-0.15, -0.1) is 24.8 Å². The van der Waals surface area contributed by atoms with Crippen LogP contribution in [0.4, 0.5) is 10.1 Å². The summed E-state index contributed by atoms with van der Waals surface area (Å²) >= 11 is 0. The molecule has 0 aliphatic carbocycles. The van der Waals surface area contributed by atoms with Crippen molar-refractivity contribution in [2.75, 3.05) is 64.8 Å². The molecule has 3 rings (SSSR count). The van der Waals surface area contributed by atoms with Crippen molar-refractivity contribution >= 4 is 42.3 Å². The number of rotatable bonds is 6. The first-order valence-electron chi connectivity index (χ1n) is 9.79. The fraction of sp³-hybridized carbons (Fsp3) is 0.600. The number of halogens is 3. The van der Waals surface area contributed by atoms with Gasteiger partial charge < -0.3 is 20.3 Å². The van der Waals surface area contributed by atoms with E-state index in [-0.39, 0.29) is 49.0 Å². The Morgan fingerprint density at radius 3 is 2.27 bits per heavy atom. The third kappa shape index (κ3) is 6.78. The first kappa shape index (κ1) is 26.6. The van der Waals surface area contributed by atoms with E-state index >= 15 is 0 Å². The molecule has 0 saturated carbocycles. The smallest absolute Gasteiger partial charge is 0.238 e. The molecule has 2 N–H and O–H groups in total. The van der Waals surface area contributed by atoms with Gasteiger partial charge in [-0.05, 0) is 50.2 Å². The molecule has 0 radical (unpaired) electrons. The number of carbonyl (C=O) groups excluding carboxylic acids is 2. The molecule has 2 amide bonds. The van der Waals surface area contributed by atoms with E-state index in [9.17, 15) is 14.0 Å². The summed E-state index contributed by atoms with van der Waals surface area (Å²) in [7, 11) is 1.65. The van der Waals surface area contributed by atoms with Crippen molar-refractivity contribution < 1.29 is 18.7 Å². The van der Waals surface area contributed by atoms with Gasteiger partial charge in [-0.25, -0.2) is 4.39 Å². The van der Waals surface area contributed by atoms with Gasteiger partial charge in [0.25, 0.3) is 0 Å². The lowest BCUT2D eigenvalue weighted by atomic mass is 9.78. The first-order valence-corrected chi connectivity index (χ1v) is 9.79. The Morgan fingerprint density at radius 2 is 1.70 bits per heavy atom. The fourth-order valence-electron chi connectivity index (χ4n) is 3.98. The van der Waals surface area contributed by atoms with Gasteiger partial charge >= 0.3 is 0 Å². The van der Waals surface area contributed by atoms with Crippen LogP contribution in [0.2, 0.25) is 0 Å². The molecule has 30 heavy (non-hydrogen) atoms. The molecule has 2 fully saturated rings. The number of anilines is 1. The molecule has 0 atom stereocenters. The molecule has 2 heterocycles. The highest BCUT2D eigenvalue weighted by molar-refractivity contribution is 5.92. The lowest BCUT2D eigenvalue weighted by Gasteiger charge is -2.42. The average molecular weight is 465 g/mol. The molecule has 2 aliphatic rings. The van der Waals surface area contributed by atoms with Crippen molar-refractivity contribution in [1.29, 1.82) is 0 Å². The van der Waals surface area contributed by atoms with Crippen LogP contribution in [0, 0.1) is 11.2 Å². The van der Waals surface area contributed by atoms with Gasteiger partial charge in [0.05, 0.1) is 18.6 Å². The lowest BCUT2D eigenvalue weighted by Crippen LogP contribution is -2.57. The zero-order valence-corrected chi connectivity index (χ0v) is 18.8. The Morgan fingerprint density at radius 1 is 1.10 bits per heavy atom. The number of hydrogen-bond donors (Lipinski definition) is 2. The van der Waals surface area contributed by atoms with Crippen molar-refractivity contribution in [2.24, 2.45) is 5.41 Å². The minimum Gasteiger partial charge on any atom is -0.384 e. The van der Waals surface area contributed by atoms with Gasteiger partial charge in [-0.2, -0.15) is 0 Å². The van der Waals surface area contributed by atoms with Crippen LogP contribution in [-0.2, 0) is 14.3 Å². The fourth-order valence-corrected chi connectivity index (χ4v) is 3.98. The zero-order valence-electron chi connectivity index (χ0n) is 17.2. The summed E-state index contributed by atoms with van der Waals surface area (Å²) in [5.41, 5.74) is 0.148. The van der Waals surface area contributed by atoms with Crippen LogP contribution in [0.1, 0.15) is 12.8 Å². The summed E-state index contributed by atoms with van der Waals surface area (Å²) in [4.78, 5) is 29.3. The molecule has 7 nitrogen and oxygen atoms in total. The van der Waals surface area contributed by atoms with Crippen LogP contribution in [0.25, 0.3) is 0 Å². The number of carbonyl (C=O) groups is 2. The number of ether oxygens (including phenoxy) is 1. The molecule has 1 aromatic rings. The number of nitrogens with zero attached hydrogens (tertiary/aromatic N) is 2. The van der Waals surface area contributed by atoms with Gasteiger partial charge in [0.2, 0.25) is 11.8 Å². The number of piperazine rings is 1. The number of benzene rings is 1. The Labute approximate surface area is 189 Å². The highest BCUT2D eigenvalue weighted by Crippen LogP contribution is 2.32. The van der Waals surface area contributed by atoms with Crippen molar-refractivity contribution in [3.63, 3.8) is 0 Å². The van der Waals surface area contributed by atoms with Gasteiger partial charge in [0, 0.05) is 39.0 Å². The highest BCUT2D eigenvalue weighted by atomic mass is 35.5. The standard InChI is InChI=1S/C20H29FN4O3.2ClH/c1-28-15-20(6-8-22-9-7-20)19(27)25-12-10-24(11-13-25)14-18(26)23-17-4-2-16(21)3-5-17;;/h2-5,22H,6-15H2,1H3,(H,23,26);2*1H. The number of nitrogens with one attached hydrogen (secondary N) is 2. The summed E-state index contributed by atoms with van der Waals surface area (Å²) in [5.74, 6) is -0.300. The van der Waals surface area contributed by atoms with Crippen molar-refractivity contribution in [3.8, 4) is 0 Å². The Bertz CT molecular complexity index is 674. The highest BCUT2D eigenvalue weighted by Gasteiger charge is 2.42. The van der Waals surface area contributed by atoms with Crippen LogP contribution in [0.15, 0.2) is 24.3 Å². The summed E-state index contributed by atoms with van der Waals surface area (Å²) in [6.07, 6.45) is 1.58. The van der Waals surface area contributed by atoms with Crippen LogP contribution in [0.3, 0.4) is 0 Å². The minimum atomic E-state index is -0.428. The van der Waals surface area contributed by atoms with E-state index in [1.54, 1.807) is 7.11 Å². The molecule has 10 heteroatoms. The second kappa shape index (κ2) is 12.4. The Hall–Kier alpha value is -1.45. The van der Waals surface area contributed by atoms with Crippen molar-refractivity contribution in [2.45, 2.75) is 12.8 Å². The van der Waals surface area contributed by atoms with E-state index in [2.05, 4.69) is 10.6 Å². The lowest BCUT2D eigenvalue weighted by molar-refractivity contribution is -0.149. The number of methoxy groups -OCH3 is 1. The number of hydrogen-bond acceptors (Lipinski definition) is 5. The molecule has 170 valence electrons. The number of amides is 2. The van der Waals surface area contributed by atoms with E-state index in [1.165, 1.54) is 24.3 Å². The SMILES string of the molecule is COCC1(C(=O)N2CCN(CC(=O)Nc3ccc(F)cc3)CC2)CCNCC1.Cl.Cl. The van der Waals surface area contributed by atoms with Gasteiger partial charge in [-0.1, -0.05) is 0 Å². The molecular weight excluding hydrogens is 434 g/mol. The predicted octanol–water partition coefficient (Wildman–Crippen LogP) is 1.77. The zero-order chi connectivity index (χ0) is 20.0. The normalized spacial score (nSPS) is 18.7. The Balaban J connectivity index is 0.00000225. The maximum Gasteiger partial charge on any atom is 0.238 e. The maximum atomic E-state index is 13.2. The summed E-state index contributed by atoms with van der Waals surface area (Å²) in [6, 6.07) is 5.71. The van der Waals surface area contributed by atoms with Crippen LogP contribution in [0.5, 0.6) is 0 Å². The molecule has 2 saturated heterocycles. The molecule has 0 bridgehead atoms.